The van der Waals surface area contributed by atoms with Crippen LogP contribution < -0.4 is 21.7 Å². The number of aromatic hydroxyl groups is 1. The first-order valence-corrected chi connectivity index (χ1v) is 11.6. The molecule has 188 valence electrons. The molecule has 0 radical (unpaired) electrons. The van der Waals surface area contributed by atoms with Crippen LogP contribution >= 0.6 is 12.6 Å². The highest BCUT2D eigenvalue weighted by molar-refractivity contribution is 7.80. The Morgan fingerprint density at radius 2 is 1.29 bits per heavy atom. The van der Waals surface area contributed by atoms with Crippen molar-refractivity contribution in [1.82, 2.24) is 16.0 Å². The molecule has 0 saturated heterocycles. The molecule has 0 heterocycles. The number of hydrogen-bond donors (Lipinski definition) is 7. The molecule has 0 aromatic heterocycles. The van der Waals surface area contributed by atoms with Crippen LogP contribution in [0.4, 0.5) is 0 Å². The predicted molar refractivity (Wildman–Crippen MR) is 133 cm³/mol. The zero-order chi connectivity index (χ0) is 26.0. The largest absolute Gasteiger partial charge is 0.508 e. The molecule has 7 N–H and O–H groups in total. The van der Waals surface area contributed by atoms with Crippen molar-refractivity contribution in [2.24, 2.45) is 5.73 Å². The summed E-state index contributed by atoms with van der Waals surface area (Å²) in [5.74, 6) is -3.24. The van der Waals surface area contributed by atoms with Crippen LogP contribution in [0.25, 0.3) is 0 Å². The molecular weight excluding hydrogens is 472 g/mol. The highest BCUT2D eigenvalue weighted by atomic mass is 32.1. The number of carboxylic acids is 1. The first-order chi connectivity index (χ1) is 16.6. The Morgan fingerprint density at radius 1 is 0.800 bits per heavy atom. The Hall–Kier alpha value is -3.57. The Bertz CT molecular complexity index is 1020. The number of amides is 3. The van der Waals surface area contributed by atoms with Gasteiger partial charge in [-0.3, -0.25) is 14.4 Å². The number of phenols is 1. The van der Waals surface area contributed by atoms with Gasteiger partial charge in [-0.2, -0.15) is 12.6 Å². The van der Waals surface area contributed by atoms with Gasteiger partial charge in [-0.25, -0.2) is 4.79 Å². The molecule has 4 atom stereocenters. The molecule has 0 aliphatic rings. The average molecular weight is 503 g/mol. The van der Waals surface area contributed by atoms with Gasteiger partial charge >= 0.3 is 5.97 Å². The molecule has 0 saturated carbocycles. The Kier molecular flexibility index (Phi) is 10.6. The van der Waals surface area contributed by atoms with E-state index in [4.69, 9.17) is 5.73 Å². The highest BCUT2D eigenvalue weighted by Crippen LogP contribution is 2.12. The summed E-state index contributed by atoms with van der Waals surface area (Å²) >= 11 is 4.13. The van der Waals surface area contributed by atoms with Crippen molar-refractivity contribution in [2.75, 3.05) is 5.75 Å². The van der Waals surface area contributed by atoms with Crippen molar-refractivity contribution in [2.45, 2.75) is 43.9 Å². The Balaban J connectivity index is 2.11. The van der Waals surface area contributed by atoms with E-state index in [1.807, 2.05) is 0 Å². The number of carbonyl (C=O) groups excluding carboxylic acids is 3. The van der Waals surface area contributed by atoms with Gasteiger partial charge in [-0.15, -0.1) is 0 Å². The summed E-state index contributed by atoms with van der Waals surface area (Å²) in [4.78, 5) is 49.7. The molecule has 3 amide bonds. The van der Waals surface area contributed by atoms with Crippen molar-refractivity contribution >= 4 is 36.3 Å². The smallest absolute Gasteiger partial charge is 0.326 e. The summed E-state index contributed by atoms with van der Waals surface area (Å²) in [5, 5.41) is 26.5. The molecule has 11 heteroatoms. The van der Waals surface area contributed by atoms with Crippen LogP contribution in [0.3, 0.4) is 0 Å². The SMILES string of the molecule is CC(N)C(=O)NC(Cc1ccc(O)cc1)C(=O)NC(CS)C(=O)NC(Cc1ccccc1)C(=O)O. The average Bonchev–Trinajstić information content (AvgIpc) is 2.83. The maximum absolute atomic E-state index is 13.0. The third kappa shape index (κ3) is 8.95. The summed E-state index contributed by atoms with van der Waals surface area (Å²) in [6, 6.07) is 10.6. The lowest BCUT2D eigenvalue weighted by Gasteiger charge is -2.24. The van der Waals surface area contributed by atoms with Crippen LogP contribution in [-0.4, -0.2) is 63.8 Å². The van der Waals surface area contributed by atoms with Crippen molar-refractivity contribution < 1.29 is 29.4 Å². The van der Waals surface area contributed by atoms with Gasteiger partial charge in [-0.1, -0.05) is 42.5 Å². The Morgan fingerprint density at radius 3 is 1.83 bits per heavy atom. The summed E-state index contributed by atoms with van der Waals surface area (Å²) in [6.07, 6.45) is 0.125. The van der Waals surface area contributed by atoms with E-state index in [-0.39, 0.29) is 24.3 Å². The minimum absolute atomic E-state index is 0.0460. The van der Waals surface area contributed by atoms with Crippen LogP contribution in [-0.2, 0) is 32.0 Å². The lowest BCUT2D eigenvalue weighted by Crippen LogP contribution is -2.58. The van der Waals surface area contributed by atoms with E-state index < -0.39 is 47.9 Å². The van der Waals surface area contributed by atoms with E-state index in [9.17, 15) is 29.4 Å². The van der Waals surface area contributed by atoms with Crippen molar-refractivity contribution in [3.05, 3.63) is 65.7 Å². The maximum Gasteiger partial charge on any atom is 0.326 e. The Labute approximate surface area is 208 Å². The summed E-state index contributed by atoms with van der Waals surface area (Å²) in [7, 11) is 0. The van der Waals surface area contributed by atoms with Crippen LogP contribution in [0.5, 0.6) is 5.75 Å². The van der Waals surface area contributed by atoms with Gasteiger partial charge in [0, 0.05) is 18.6 Å². The number of carboxylic acid groups (broad SMARTS) is 1. The molecular formula is C24H30N4O6S. The van der Waals surface area contributed by atoms with Crippen LogP contribution in [0.1, 0.15) is 18.1 Å². The van der Waals surface area contributed by atoms with Crippen molar-refractivity contribution in [3.63, 3.8) is 0 Å². The maximum atomic E-state index is 13.0. The first kappa shape index (κ1) is 27.7. The second-order valence-electron chi connectivity index (χ2n) is 8.05. The number of carbonyl (C=O) groups is 4. The molecule has 4 unspecified atom stereocenters. The molecule has 0 aliphatic heterocycles. The topological polar surface area (TPSA) is 171 Å². The molecule has 35 heavy (non-hydrogen) atoms. The van der Waals surface area contributed by atoms with Gasteiger partial charge in [0.05, 0.1) is 6.04 Å². The minimum atomic E-state index is -1.22. The third-order valence-electron chi connectivity index (χ3n) is 5.14. The first-order valence-electron chi connectivity index (χ1n) is 10.9. The summed E-state index contributed by atoms with van der Waals surface area (Å²) in [5.41, 5.74) is 6.98. The van der Waals surface area contributed by atoms with Gasteiger partial charge in [0.15, 0.2) is 0 Å². The van der Waals surface area contributed by atoms with Gasteiger partial charge in [-0.05, 0) is 30.2 Å². The molecule has 0 aliphatic carbocycles. The van der Waals surface area contributed by atoms with E-state index in [1.54, 1.807) is 42.5 Å². The fourth-order valence-corrected chi connectivity index (χ4v) is 3.43. The van der Waals surface area contributed by atoms with Crippen molar-refractivity contribution in [1.29, 1.82) is 0 Å². The molecule has 10 nitrogen and oxygen atoms in total. The summed E-state index contributed by atoms with van der Waals surface area (Å²) < 4.78 is 0. The van der Waals surface area contributed by atoms with E-state index in [1.165, 1.54) is 19.1 Å². The highest BCUT2D eigenvalue weighted by Gasteiger charge is 2.29. The third-order valence-corrected chi connectivity index (χ3v) is 5.50. The number of nitrogens with one attached hydrogen (secondary N) is 3. The zero-order valence-corrected chi connectivity index (χ0v) is 20.1. The molecule has 2 aromatic rings. The van der Waals surface area contributed by atoms with Gasteiger partial charge in [0.1, 0.15) is 23.9 Å². The van der Waals surface area contributed by atoms with Gasteiger partial charge < -0.3 is 31.9 Å². The number of rotatable bonds is 12. The number of phenolic OH excluding ortho intramolecular Hbond substituents is 1. The number of thiol groups is 1. The van der Waals surface area contributed by atoms with Crippen molar-refractivity contribution in [3.8, 4) is 5.75 Å². The zero-order valence-electron chi connectivity index (χ0n) is 19.2. The van der Waals surface area contributed by atoms with Crippen LogP contribution in [0.2, 0.25) is 0 Å². The standard InChI is InChI=1S/C24H30N4O6S/c1-14(25)21(30)26-18(11-16-7-9-17(29)10-8-16)22(31)28-20(13-35)23(32)27-19(24(33)34)12-15-5-3-2-4-6-15/h2-10,14,18-20,29,35H,11-13,25H2,1H3,(H,26,30)(H,27,32)(H,28,31)(H,33,34). The monoisotopic (exact) mass is 502 g/mol. The molecule has 0 spiro atoms. The lowest BCUT2D eigenvalue weighted by atomic mass is 10.0. The van der Waals surface area contributed by atoms with E-state index in [0.29, 0.717) is 5.56 Å². The summed E-state index contributed by atoms with van der Waals surface area (Å²) in [6.45, 7) is 1.47. The quantitative estimate of drug-likeness (QED) is 0.200. The molecule has 2 aromatic carbocycles. The predicted octanol–water partition coefficient (Wildman–Crippen LogP) is -0.00660. The number of benzene rings is 2. The second kappa shape index (κ2) is 13.4. The molecule has 0 fully saturated rings. The van der Waals surface area contributed by atoms with Crippen LogP contribution in [0.15, 0.2) is 54.6 Å². The molecule has 0 bridgehead atoms. The van der Waals surface area contributed by atoms with Crippen LogP contribution in [0, 0.1) is 0 Å². The fraction of sp³-hybridized carbons (Fsp3) is 0.333. The lowest BCUT2D eigenvalue weighted by molar-refractivity contribution is -0.142. The number of nitrogens with two attached hydrogens (primary N) is 1. The number of aliphatic carboxylic acids is 1. The normalized spacial score (nSPS) is 14.1. The second-order valence-corrected chi connectivity index (χ2v) is 8.42. The van der Waals surface area contributed by atoms with Gasteiger partial charge in [0.2, 0.25) is 17.7 Å². The van der Waals surface area contributed by atoms with E-state index >= 15 is 0 Å². The van der Waals surface area contributed by atoms with E-state index in [0.717, 1.165) is 5.56 Å². The molecule has 2 rings (SSSR count). The van der Waals surface area contributed by atoms with E-state index in [2.05, 4.69) is 28.6 Å². The van der Waals surface area contributed by atoms with Gasteiger partial charge in [0.25, 0.3) is 0 Å². The fourth-order valence-electron chi connectivity index (χ4n) is 3.17. The number of hydrogen-bond acceptors (Lipinski definition) is 7. The minimum Gasteiger partial charge on any atom is -0.508 e.